The fourth-order valence-corrected chi connectivity index (χ4v) is 1.02. The van der Waals surface area contributed by atoms with E-state index in [1.165, 1.54) is 0 Å². The molecule has 0 aromatic rings. The summed E-state index contributed by atoms with van der Waals surface area (Å²) in [7, 11) is 1.99. The Labute approximate surface area is 54.3 Å². The first kappa shape index (κ1) is 6.11. The van der Waals surface area contributed by atoms with Crippen molar-refractivity contribution >= 4 is 17.7 Å². The molecule has 3 heteroatoms. The van der Waals surface area contributed by atoms with E-state index in [0.29, 0.717) is 0 Å². The molecule has 0 unspecified atom stereocenters. The van der Waals surface area contributed by atoms with Gasteiger partial charge in [-0.2, -0.15) is 0 Å². The van der Waals surface area contributed by atoms with Crippen molar-refractivity contribution in [1.82, 2.24) is 4.90 Å². The number of rotatable bonds is 1. The molecule has 0 bridgehead atoms. The standard InChI is InChI=1S/C5H9NOS/c1-6-2-4(3-6)5(7)8/h4H,2-3H2,1H3,(H,7,8). The summed E-state index contributed by atoms with van der Waals surface area (Å²) in [4.78, 5) is 12.5. The van der Waals surface area contributed by atoms with E-state index in [2.05, 4.69) is 17.5 Å². The summed E-state index contributed by atoms with van der Waals surface area (Å²) >= 11 is 3.70. The molecular weight excluding hydrogens is 122 g/mol. The largest absolute Gasteiger partial charge is 0.305 e. The lowest BCUT2D eigenvalue weighted by atomic mass is 10.0. The van der Waals surface area contributed by atoms with Gasteiger partial charge >= 0.3 is 0 Å². The highest BCUT2D eigenvalue weighted by molar-refractivity contribution is 7.96. The molecule has 0 spiro atoms. The summed E-state index contributed by atoms with van der Waals surface area (Å²) in [6.07, 6.45) is 0. The maximum Gasteiger partial charge on any atom is 0.191 e. The van der Waals surface area contributed by atoms with Crippen molar-refractivity contribution in [3.63, 3.8) is 0 Å². The Hall–Kier alpha value is -0.0200. The van der Waals surface area contributed by atoms with Crippen LogP contribution >= 0.6 is 12.6 Å². The molecule has 0 atom stereocenters. The molecule has 2 nitrogen and oxygen atoms in total. The van der Waals surface area contributed by atoms with Gasteiger partial charge in [-0.1, -0.05) is 0 Å². The average molecular weight is 131 g/mol. The Balaban J connectivity index is 2.25. The molecule has 0 aromatic heterocycles. The molecule has 46 valence electrons. The van der Waals surface area contributed by atoms with E-state index in [1.807, 2.05) is 7.05 Å². The number of hydrogen-bond acceptors (Lipinski definition) is 2. The average Bonchev–Trinajstić information content (AvgIpc) is 1.57. The highest BCUT2D eigenvalue weighted by Crippen LogP contribution is 2.14. The van der Waals surface area contributed by atoms with Crippen LogP contribution in [0.4, 0.5) is 0 Å². The van der Waals surface area contributed by atoms with Gasteiger partial charge in [0.2, 0.25) is 0 Å². The van der Waals surface area contributed by atoms with Crippen LogP contribution < -0.4 is 0 Å². The summed E-state index contributed by atoms with van der Waals surface area (Å²) in [6, 6.07) is 0. The normalized spacial score (nSPS) is 22.8. The minimum atomic E-state index is 0.0306. The van der Waals surface area contributed by atoms with Gasteiger partial charge < -0.3 is 4.90 Å². The quantitative estimate of drug-likeness (QED) is 0.506. The van der Waals surface area contributed by atoms with Gasteiger partial charge in [-0.3, -0.25) is 4.79 Å². The smallest absolute Gasteiger partial charge is 0.191 e. The molecular formula is C5H9NOS. The van der Waals surface area contributed by atoms with E-state index < -0.39 is 0 Å². The maximum absolute atomic E-state index is 10.4. The van der Waals surface area contributed by atoms with Crippen molar-refractivity contribution in [1.29, 1.82) is 0 Å². The van der Waals surface area contributed by atoms with Crippen LogP contribution in [0, 0.1) is 5.92 Å². The zero-order valence-electron chi connectivity index (χ0n) is 4.79. The van der Waals surface area contributed by atoms with Crippen LogP contribution in [-0.4, -0.2) is 30.2 Å². The molecule has 1 heterocycles. The molecule has 1 aliphatic rings. The van der Waals surface area contributed by atoms with Gasteiger partial charge in [-0.05, 0) is 7.05 Å². The molecule has 1 aliphatic heterocycles. The molecule has 8 heavy (non-hydrogen) atoms. The van der Waals surface area contributed by atoms with Gasteiger partial charge in [0.15, 0.2) is 5.12 Å². The summed E-state index contributed by atoms with van der Waals surface area (Å²) in [5, 5.41) is 0.0306. The van der Waals surface area contributed by atoms with Crippen LogP contribution in [0.3, 0.4) is 0 Å². The Kier molecular flexibility index (Phi) is 1.58. The van der Waals surface area contributed by atoms with Crippen molar-refractivity contribution in [2.45, 2.75) is 0 Å². The number of carbonyl (C=O) groups is 1. The molecule has 0 aromatic carbocycles. The van der Waals surface area contributed by atoms with Gasteiger partial charge in [0.25, 0.3) is 0 Å². The molecule has 0 saturated carbocycles. The Morgan fingerprint density at radius 3 is 2.38 bits per heavy atom. The molecule has 0 N–H and O–H groups in total. The van der Waals surface area contributed by atoms with Gasteiger partial charge in [0.05, 0.1) is 5.92 Å². The number of hydrogen-bond donors (Lipinski definition) is 1. The summed E-state index contributed by atoms with van der Waals surface area (Å²) in [6.45, 7) is 1.78. The topological polar surface area (TPSA) is 20.3 Å². The zero-order chi connectivity index (χ0) is 6.15. The van der Waals surface area contributed by atoms with Gasteiger partial charge in [-0.15, -0.1) is 12.6 Å². The van der Waals surface area contributed by atoms with Crippen molar-refractivity contribution in [3.05, 3.63) is 0 Å². The zero-order valence-corrected chi connectivity index (χ0v) is 5.69. The van der Waals surface area contributed by atoms with Crippen LogP contribution in [-0.2, 0) is 4.79 Å². The third kappa shape index (κ3) is 1.03. The van der Waals surface area contributed by atoms with Crippen molar-refractivity contribution in [3.8, 4) is 0 Å². The highest BCUT2D eigenvalue weighted by Gasteiger charge is 2.27. The Morgan fingerprint density at radius 1 is 1.75 bits per heavy atom. The predicted octanol–water partition coefficient (Wildman–Crippen LogP) is 0.00440. The van der Waals surface area contributed by atoms with Crippen LogP contribution in [0.15, 0.2) is 0 Å². The molecule has 0 amide bonds. The number of carbonyl (C=O) groups excluding carboxylic acids is 1. The van der Waals surface area contributed by atoms with Crippen LogP contribution in [0.1, 0.15) is 0 Å². The monoisotopic (exact) mass is 131 g/mol. The van der Waals surface area contributed by atoms with Crippen molar-refractivity contribution in [2.75, 3.05) is 20.1 Å². The number of thiol groups is 1. The SMILES string of the molecule is CN1CC(C(=O)S)C1. The van der Waals surface area contributed by atoms with Crippen LogP contribution in [0.5, 0.6) is 0 Å². The van der Waals surface area contributed by atoms with E-state index in [9.17, 15) is 4.79 Å². The first-order chi connectivity index (χ1) is 3.70. The van der Waals surface area contributed by atoms with E-state index in [1.54, 1.807) is 0 Å². The lowest BCUT2D eigenvalue weighted by Crippen LogP contribution is -2.46. The molecule has 1 saturated heterocycles. The lowest BCUT2D eigenvalue weighted by Gasteiger charge is -2.33. The van der Waals surface area contributed by atoms with Crippen molar-refractivity contribution in [2.24, 2.45) is 5.92 Å². The second kappa shape index (κ2) is 2.07. The summed E-state index contributed by atoms with van der Waals surface area (Å²) in [5.41, 5.74) is 0. The summed E-state index contributed by atoms with van der Waals surface area (Å²) < 4.78 is 0. The van der Waals surface area contributed by atoms with E-state index in [-0.39, 0.29) is 11.0 Å². The maximum atomic E-state index is 10.4. The van der Waals surface area contributed by atoms with E-state index in [0.717, 1.165) is 13.1 Å². The predicted molar refractivity (Wildman–Crippen MR) is 35.0 cm³/mol. The first-order valence-corrected chi connectivity index (χ1v) is 3.06. The second-order valence-electron chi connectivity index (χ2n) is 2.26. The van der Waals surface area contributed by atoms with E-state index in [4.69, 9.17) is 0 Å². The molecule has 0 aliphatic carbocycles. The minimum Gasteiger partial charge on any atom is -0.305 e. The third-order valence-electron chi connectivity index (χ3n) is 1.41. The second-order valence-corrected chi connectivity index (χ2v) is 2.70. The third-order valence-corrected chi connectivity index (χ3v) is 1.78. The van der Waals surface area contributed by atoms with E-state index >= 15 is 0 Å². The Morgan fingerprint density at radius 2 is 2.25 bits per heavy atom. The summed E-state index contributed by atoms with van der Waals surface area (Å²) in [5.74, 6) is 0.211. The van der Waals surface area contributed by atoms with Gasteiger partial charge in [0, 0.05) is 13.1 Å². The fraction of sp³-hybridized carbons (Fsp3) is 0.800. The number of likely N-dealkylation sites (tertiary alicyclic amines) is 1. The fourth-order valence-electron chi connectivity index (χ4n) is 0.855. The molecule has 1 fully saturated rings. The highest BCUT2D eigenvalue weighted by atomic mass is 32.1. The molecule has 1 rings (SSSR count). The van der Waals surface area contributed by atoms with Crippen molar-refractivity contribution < 1.29 is 4.79 Å². The molecule has 0 radical (unpaired) electrons. The van der Waals surface area contributed by atoms with Crippen LogP contribution in [0.25, 0.3) is 0 Å². The van der Waals surface area contributed by atoms with Gasteiger partial charge in [0.1, 0.15) is 0 Å². The first-order valence-electron chi connectivity index (χ1n) is 2.61. The van der Waals surface area contributed by atoms with Gasteiger partial charge in [-0.25, -0.2) is 0 Å². The minimum absolute atomic E-state index is 0.0306. The van der Waals surface area contributed by atoms with Crippen LogP contribution in [0.2, 0.25) is 0 Å². The Bertz CT molecular complexity index is 109. The number of nitrogens with zero attached hydrogens (tertiary/aromatic N) is 1. The lowest BCUT2D eigenvalue weighted by molar-refractivity contribution is -0.118.